The predicted octanol–water partition coefficient (Wildman–Crippen LogP) is 2.71. The Hall–Kier alpha value is -1.26. The van der Waals surface area contributed by atoms with Crippen LogP contribution in [0.5, 0.6) is 0 Å². The lowest BCUT2D eigenvalue weighted by Gasteiger charge is -2.27. The van der Waals surface area contributed by atoms with Crippen LogP contribution in [-0.4, -0.2) is 41.1 Å². The molecule has 0 bridgehead atoms. The van der Waals surface area contributed by atoms with Crippen molar-refractivity contribution in [3.8, 4) is 0 Å². The van der Waals surface area contributed by atoms with Crippen LogP contribution in [0.3, 0.4) is 0 Å². The number of amides is 2. The third kappa shape index (κ3) is 7.70. The van der Waals surface area contributed by atoms with Gasteiger partial charge in [0.05, 0.1) is 5.92 Å². The van der Waals surface area contributed by atoms with E-state index >= 15 is 0 Å². The van der Waals surface area contributed by atoms with Crippen LogP contribution in [0.1, 0.15) is 53.4 Å². The zero-order chi connectivity index (χ0) is 14.8. The number of carboxylic acid groups (broad SMARTS) is 1. The van der Waals surface area contributed by atoms with Crippen molar-refractivity contribution >= 4 is 12.0 Å². The van der Waals surface area contributed by atoms with Crippen molar-refractivity contribution in [3.05, 3.63) is 0 Å². The molecule has 1 unspecified atom stereocenters. The highest BCUT2D eigenvalue weighted by molar-refractivity contribution is 5.74. The van der Waals surface area contributed by atoms with E-state index in [0.29, 0.717) is 13.0 Å². The molecular weight excluding hydrogens is 244 g/mol. The number of carboxylic acids is 1. The minimum atomic E-state index is -0.821. The fraction of sp³-hybridized carbons (Fsp3) is 0.857. The number of hydrogen-bond acceptors (Lipinski definition) is 2. The van der Waals surface area contributed by atoms with E-state index in [2.05, 4.69) is 12.2 Å². The molecule has 0 aliphatic heterocycles. The SMILES string of the molecule is CCCCCN(C(=O)NCCC(C)C(=O)O)C(C)C. The van der Waals surface area contributed by atoms with Gasteiger partial charge >= 0.3 is 12.0 Å². The standard InChI is InChI=1S/C14H28N2O3/c1-5-6-7-10-16(11(2)3)14(19)15-9-8-12(4)13(17)18/h11-12H,5-10H2,1-4H3,(H,15,19)(H,17,18). The summed E-state index contributed by atoms with van der Waals surface area (Å²) in [5.74, 6) is -1.24. The predicted molar refractivity (Wildman–Crippen MR) is 76.2 cm³/mol. The van der Waals surface area contributed by atoms with E-state index in [9.17, 15) is 9.59 Å². The molecule has 112 valence electrons. The summed E-state index contributed by atoms with van der Waals surface area (Å²) < 4.78 is 0. The van der Waals surface area contributed by atoms with Gasteiger partial charge in [-0.1, -0.05) is 26.7 Å². The van der Waals surface area contributed by atoms with Gasteiger partial charge in [0.2, 0.25) is 0 Å². The highest BCUT2D eigenvalue weighted by atomic mass is 16.4. The lowest BCUT2D eigenvalue weighted by molar-refractivity contribution is -0.141. The van der Waals surface area contributed by atoms with Gasteiger partial charge in [0.25, 0.3) is 0 Å². The molecule has 0 aromatic rings. The molecule has 0 saturated carbocycles. The normalized spacial score (nSPS) is 12.3. The van der Waals surface area contributed by atoms with Gasteiger partial charge in [0.1, 0.15) is 0 Å². The minimum Gasteiger partial charge on any atom is -0.481 e. The second-order valence-corrected chi connectivity index (χ2v) is 5.25. The number of aliphatic carboxylic acids is 1. The highest BCUT2D eigenvalue weighted by Gasteiger charge is 2.17. The van der Waals surface area contributed by atoms with E-state index in [0.717, 1.165) is 25.8 Å². The highest BCUT2D eigenvalue weighted by Crippen LogP contribution is 2.05. The summed E-state index contributed by atoms with van der Waals surface area (Å²) in [5.41, 5.74) is 0. The zero-order valence-electron chi connectivity index (χ0n) is 12.6. The maximum atomic E-state index is 12.0. The molecule has 0 spiro atoms. The van der Waals surface area contributed by atoms with Crippen molar-refractivity contribution in [2.45, 2.75) is 59.4 Å². The molecule has 0 fully saturated rings. The van der Waals surface area contributed by atoms with Gasteiger partial charge in [-0.25, -0.2) is 4.79 Å². The summed E-state index contributed by atoms with van der Waals surface area (Å²) in [6.45, 7) is 8.93. The number of nitrogens with zero attached hydrogens (tertiary/aromatic N) is 1. The van der Waals surface area contributed by atoms with Crippen LogP contribution in [0.15, 0.2) is 0 Å². The molecule has 5 nitrogen and oxygen atoms in total. The Balaban J connectivity index is 4.07. The maximum Gasteiger partial charge on any atom is 0.317 e. The van der Waals surface area contributed by atoms with Crippen LogP contribution in [0.4, 0.5) is 4.79 Å². The molecule has 0 aliphatic rings. The molecule has 0 heterocycles. The lowest BCUT2D eigenvalue weighted by atomic mass is 10.1. The van der Waals surface area contributed by atoms with Crippen LogP contribution < -0.4 is 5.32 Å². The van der Waals surface area contributed by atoms with Gasteiger partial charge in [-0.3, -0.25) is 4.79 Å². The number of carbonyl (C=O) groups is 2. The first-order valence-corrected chi connectivity index (χ1v) is 7.17. The first-order valence-electron chi connectivity index (χ1n) is 7.17. The molecule has 2 amide bonds. The second-order valence-electron chi connectivity index (χ2n) is 5.25. The molecule has 1 atom stereocenters. The summed E-state index contributed by atoms with van der Waals surface area (Å²) in [7, 11) is 0. The van der Waals surface area contributed by atoms with Crippen molar-refractivity contribution in [3.63, 3.8) is 0 Å². The summed E-state index contributed by atoms with van der Waals surface area (Å²) in [4.78, 5) is 24.5. The molecule has 0 aliphatic carbocycles. The third-order valence-electron chi connectivity index (χ3n) is 3.16. The Morgan fingerprint density at radius 2 is 1.84 bits per heavy atom. The molecule has 19 heavy (non-hydrogen) atoms. The van der Waals surface area contributed by atoms with Crippen LogP contribution in [-0.2, 0) is 4.79 Å². The third-order valence-corrected chi connectivity index (χ3v) is 3.16. The Kier molecular flexibility index (Phi) is 9.00. The van der Waals surface area contributed by atoms with Gasteiger partial charge in [-0.15, -0.1) is 0 Å². The molecule has 0 aromatic carbocycles. The number of nitrogens with one attached hydrogen (secondary N) is 1. The van der Waals surface area contributed by atoms with E-state index in [1.807, 2.05) is 13.8 Å². The average molecular weight is 272 g/mol. The first kappa shape index (κ1) is 17.7. The zero-order valence-corrected chi connectivity index (χ0v) is 12.6. The van der Waals surface area contributed by atoms with Crippen LogP contribution in [0.25, 0.3) is 0 Å². The summed E-state index contributed by atoms with van der Waals surface area (Å²) in [6.07, 6.45) is 3.71. The van der Waals surface area contributed by atoms with E-state index in [-0.39, 0.29) is 12.1 Å². The van der Waals surface area contributed by atoms with Crippen molar-refractivity contribution in [1.82, 2.24) is 10.2 Å². The van der Waals surface area contributed by atoms with Crippen LogP contribution in [0, 0.1) is 5.92 Å². The maximum absolute atomic E-state index is 12.0. The molecule has 0 saturated heterocycles. The molecule has 0 aromatic heterocycles. The van der Waals surface area contributed by atoms with Gasteiger partial charge < -0.3 is 15.3 Å². The summed E-state index contributed by atoms with van der Waals surface area (Å²) >= 11 is 0. The van der Waals surface area contributed by atoms with Crippen molar-refractivity contribution < 1.29 is 14.7 Å². The lowest BCUT2D eigenvalue weighted by Crippen LogP contribution is -2.45. The Morgan fingerprint density at radius 1 is 1.21 bits per heavy atom. The van der Waals surface area contributed by atoms with Crippen molar-refractivity contribution in [2.24, 2.45) is 5.92 Å². The largest absolute Gasteiger partial charge is 0.481 e. The van der Waals surface area contributed by atoms with E-state index in [4.69, 9.17) is 5.11 Å². The number of hydrogen-bond donors (Lipinski definition) is 2. The second kappa shape index (κ2) is 9.64. The van der Waals surface area contributed by atoms with Gasteiger partial charge in [-0.2, -0.15) is 0 Å². The van der Waals surface area contributed by atoms with Crippen molar-refractivity contribution in [1.29, 1.82) is 0 Å². The topological polar surface area (TPSA) is 69.6 Å². The van der Waals surface area contributed by atoms with Crippen molar-refractivity contribution in [2.75, 3.05) is 13.1 Å². The number of rotatable bonds is 9. The number of unbranched alkanes of at least 4 members (excludes halogenated alkanes) is 2. The Labute approximate surface area is 116 Å². The smallest absolute Gasteiger partial charge is 0.317 e. The monoisotopic (exact) mass is 272 g/mol. The molecule has 0 rings (SSSR count). The Bertz CT molecular complexity index is 280. The fourth-order valence-electron chi connectivity index (χ4n) is 1.75. The van der Waals surface area contributed by atoms with E-state index in [1.165, 1.54) is 0 Å². The van der Waals surface area contributed by atoms with Gasteiger partial charge in [0, 0.05) is 19.1 Å². The summed E-state index contributed by atoms with van der Waals surface area (Å²) in [5, 5.41) is 11.6. The van der Waals surface area contributed by atoms with Gasteiger partial charge in [0.15, 0.2) is 0 Å². The minimum absolute atomic E-state index is 0.0938. The van der Waals surface area contributed by atoms with E-state index in [1.54, 1.807) is 11.8 Å². The van der Waals surface area contributed by atoms with Crippen LogP contribution >= 0.6 is 0 Å². The van der Waals surface area contributed by atoms with Gasteiger partial charge in [-0.05, 0) is 26.7 Å². The average Bonchev–Trinajstić information content (AvgIpc) is 2.33. The molecule has 2 N–H and O–H groups in total. The first-order chi connectivity index (χ1) is 8.90. The quantitative estimate of drug-likeness (QED) is 0.634. The molecule has 0 radical (unpaired) electrons. The number of urea groups is 1. The summed E-state index contributed by atoms with van der Waals surface area (Å²) in [6, 6.07) is 0.0671. The van der Waals surface area contributed by atoms with Crippen LogP contribution in [0.2, 0.25) is 0 Å². The van der Waals surface area contributed by atoms with E-state index < -0.39 is 11.9 Å². The number of carbonyl (C=O) groups excluding carboxylic acids is 1. The molecule has 5 heteroatoms. The molecular formula is C14H28N2O3. The fourth-order valence-corrected chi connectivity index (χ4v) is 1.75. The Morgan fingerprint density at radius 3 is 2.32 bits per heavy atom.